The van der Waals surface area contributed by atoms with Crippen LogP contribution in [0, 0.1) is 0 Å². The van der Waals surface area contributed by atoms with Gasteiger partial charge in [-0.25, -0.2) is 0 Å². The largest absolute Gasteiger partial charge is 0.480 e. The third-order valence-electron chi connectivity index (χ3n) is 1.78. The molecule has 0 bridgehead atoms. The number of carboxylic acids is 1. The lowest BCUT2D eigenvalue weighted by Gasteiger charge is -2.10. The number of hydrogen-bond acceptors (Lipinski definition) is 5. The second-order valence-corrected chi connectivity index (χ2v) is 4.38. The fourth-order valence-corrected chi connectivity index (χ4v) is 0.842. The van der Waals surface area contributed by atoms with Gasteiger partial charge in [-0.05, 0) is 12.1 Å². The van der Waals surface area contributed by atoms with Gasteiger partial charge in [0.2, 0.25) is 5.89 Å². The highest BCUT2D eigenvalue weighted by Crippen LogP contribution is 2.20. The molecule has 0 aliphatic heterocycles. The Morgan fingerprint density at radius 1 is 1.53 bits per heavy atom. The highest BCUT2D eigenvalue weighted by atomic mass is 16.5. The fraction of sp³-hybridized carbons (Fsp3) is 0.667. The third-order valence-corrected chi connectivity index (χ3v) is 1.78. The summed E-state index contributed by atoms with van der Waals surface area (Å²) >= 11 is 0. The van der Waals surface area contributed by atoms with E-state index < -0.39 is 12.0 Å². The van der Waals surface area contributed by atoms with Crippen molar-refractivity contribution in [2.45, 2.75) is 39.2 Å². The predicted octanol–water partition coefficient (Wildman–Crippen LogP) is 1.25. The first-order valence-corrected chi connectivity index (χ1v) is 4.64. The van der Waals surface area contributed by atoms with Crippen LogP contribution in [0.3, 0.4) is 0 Å². The Hall–Kier alpha value is -1.59. The molecular formula is C9H15N3O3. The van der Waals surface area contributed by atoms with Gasteiger partial charge in [0.15, 0.2) is 0 Å². The average Bonchev–Trinajstić information content (AvgIpc) is 2.51. The molecule has 0 spiro atoms. The summed E-state index contributed by atoms with van der Waals surface area (Å²) in [6.45, 7) is 7.32. The Labute approximate surface area is 87.7 Å². The Kier molecular flexibility index (Phi) is 2.97. The minimum atomic E-state index is -0.961. The molecule has 0 saturated heterocycles. The van der Waals surface area contributed by atoms with Crippen LogP contribution in [-0.2, 0) is 10.2 Å². The van der Waals surface area contributed by atoms with Crippen LogP contribution in [0.15, 0.2) is 4.52 Å². The Balaban J connectivity index is 2.73. The lowest BCUT2D eigenvalue weighted by atomic mass is 9.97. The molecule has 1 heterocycles. The van der Waals surface area contributed by atoms with Gasteiger partial charge in [0.05, 0.1) is 0 Å². The molecule has 0 unspecified atom stereocenters. The van der Waals surface area contributed by atoms with Gasteiger partial charge in [0.1, 0.15) is 6.04 Å². The van der Waals surface area contributed by atoms with E-state index >= 15 is 0 Å². The first-order chi connectivity index (χ1) is 6.80. The van der Waals surface area contributed by atoms with Crippen molar-refractivity contribution in [2.75, 3.05) is 5.32 Å². The summed E-state index contributed by atoms with van der Waals surface area (Å²) in [7, 11) is 0. The van der Waals surface area contributed by atoms with Gasteiger partial charge in [-0.1, -0.05) is 20.8 Å². The lowest BCUT2D eigenvalue weighted by molar-refractivity contribution is -0.137. The van der Waals surface area contributed by atoms with Crippen molar-refractivity contribution in [3.05, 3.63) is 5.89 Å². The molecule has 15 heavy (non-hydrogen) atoms. The van der Waals surface area contributed by atoms with Crippen LogP contribution < -0.4 is 5.32 Å². The average molecular weight is 213 g/mol. The Morgan fingerprint density at radius 3 is 2.53 bits per heavy atom. The second kappa shape index (κ2) is 3.88. The van der Waals surface area contributed by atoms with Crippen molar-refractivity contribution >= 4 is 11.9 Å². The van der Waals surface area contributed by atoms with E-state index in [9.17, 15) is 4.79 Å². The lowest BCUT2D eigenvalue weighted by Crippen LogP contribution is -2.26. The highest BCUT2D eigenvalue weighted by molar-refractivity contribution is 5.75. The maximum absolute atomic E-state index is 10.6. The standard InChI is InChI=1S/C9H15N3O3/c1-5(6(13)14)10-8-11-7(15-12-8)9(2,3)4/h5H,1-4H3,(H,10,12)(H,13,14)/t5-/m0/s1. The molecule has 1 aromatic heterocycles. The van der Waals surface area contributed by atoms with Crippen LogP contribution in [0.4, 0.5) is 5.95 Å². The van der Waals surface area contributed by atoms with E-state index in [2.05, 4.69) is 15.5 Å². The van der Waals surface area contributed by atoms with Crippen LogP contribution in [0.2, 0.25) is 0 Å². The molecule has 0 aliphatic rings. The molecule has 6 nitrogen and oxygen atoms in total. The number of carbonyl (C=O) groups is 1. The van der Waals surface area contributed by atoms with Gasteiger partial charge in [-0.3, -0.25) is 4.79 Å². The number of aliphatic carboxylic acids is 1. The van der Waals surface area contributed by atoms with E-state index in [1.165, 1.54) is 6.92 Å². The number of nitrogens with zero attached hydrogens (tertiary/aromatic N) is 2. The van der Waals surface area contributed by atoms with E-state index in [-0.39, 0.29) is 11.4 Å². The normalized spacial score (nSPS) is 13.6. The Bertz CT molecular complexity index is 354. The first-order valence-electron chi connectivity index (χ1n) is 4.64. The third kappa shape index (κ3) is 2.93. The highest BCUT2D eigenvalue weighted by Gasteiger charge is 2.22. The van der Waals surface area contributed by atoms with E-state index in [0.29, 0.717) is 5.89 Å². The SMILES string of the molecule is C[C@H](Nc1noc(C(C)(C)C)n1)C(=O)O. The zero-order chi connectivity index (χ0) is 11.6. The molecular weight excluding hydrogens is 198 g/mol. The molecule has 0 aromatic carbocycles. The predicted molar refractivity (Wildman–Crippen MR) is 53.7 cm³/mol. The molecule has 1 rings (SSSR count). The van der Waals surface area contributed by atoms with Gasteiger partial charge in [0, 0.05) is 5.41 Å². The summed E-state index contributed by atoms with van der Waals surface area (Å²) in [5.74, 6) is -0.283. The molecule has 0 saturated carbocycles. The summed E-state index contributed by atoms with van der Waals surface area (Å²) < 4.78 is 4.99. The second-order valence-electron chi connectivity index (χ2n) is 4.38. The maximum Gasteiger partial charge on any atom is 0.325 e. The first kappa shape index (κ1) is 11.5. The van der Waals surface area contributed by atoms with Crippen LogP contribution >= 0.6 is 0 Å². The van der Waals surface area contributed by atoms with Gasteiger partial charge in [-0.2, -0.15) is 4.98 Å². The van der Waals surface area contributed by atoms with Crippen molar-refractivity contribution in [1.82, 2.24) is 10.1 Å². The topological polar surface area (TPSA) is 88.3 Å². The number of aromatic nitrogens is 2. The number of carboxylic acid groups (broad SMARTS) is 1. The summed E-state index contributed by atoms with van der Waals surface area (Å²) in [6.07, 6.45) is 0. The molecule has 1 aromatic rings. The minimum absolute atomic E-state index is 0.204. The molecule has 84 valence electrons. The maximum atomic E-state index is 10.6. The van der Waals surface area contributed by atoms with Gasteiger partial charge in [-0.15, -0.1) is 0 Å². The number of nitrogens with one attached hydrogen (secondary N) is 1. The number of hydrogen-bond donors (Lipinski definition) is 2. The van der Waals surface area contributed by atoms with Crippen LogP contribution in [0.25, 0.3) is 0 Å². The number of rotatable bonds is 3. The summed E-state index contributed by atoms with van der Waals surface area (Å²) in [6, 6.07) is -0.740. The minimum Gasteiger partial charge on any atom is -0.480 e. The monoisotopic (exact) mass is 213 g/mol. The van der Waals surface area contributed by atoms with E-state index in [1.807, 2.05) is 20.8 Å². The van der Waals surface area contributed by atoms with Crippen molar-refractivity contribution < 1.29 is 14.4 Å². The zero-order valence-corrected chi connectivity index (χ0v) is 9.24. The quantitative estimate of drug-likeness (QED) is 0.785. The molecule has 0 aliphatic carbocycles. The van der Waals surface area contributed by atoms with E-state index in [4.69, 9.17) is 9.63 Å². The molecule has 0 radical (unpaired) electrons. The Morgan fingerprint density at radius 2 is 2.13 bits per heavy atom. The van der Waals surface area contributed by atoms with Gasteiger partial charge < -0.3 is 14.9 Å². The van der Waals surface area contributed by atoms with Gasteiger partial charge in [0.25, 0.3) is 5.95 Å². The van der Waals surface area contributed by atoms with Gasteiger partial charge >= 0.3 is 5.97 Å². The van der Waals surface area contributed by atoms with Crippen molar-refractivity contribution in [3.63, 3.8) is 0 Å². The number of anilines is 1. The summed E-state index contributed by atoms with van der Waals surface area (Å²) in [4.78, 5) is 14.6. The van der Waals surface area contributed by atoms with Crippen LogP contribution in [0.5, 0.6) is 0 Å². The summed E-state index contributed by atoms with van der Waals surface area (Å²) in [5, 5.41) is 14.9. The molecule has 2 N–H and O–H groups in total. The van der Waals surface area contributed by atoms with Crippen LogP contribution in [-0.4, -0.2) is 27.3 Å². The van der Waals surface area contributed by atoms with Crippen LogP contribution in [0.1, 0.15) is 33.6 Å². The van der Waals surface area contributed by atoms with E-state index in [0.717, 1.165) is 0 Å². The molecule has 1 atom stereocenters. The fourth-order valence-electron chi connectivity index (χ4n) is 0.842. The molecule has 0 amide bonds. The molecule has 6 heteroatoms. The van der Waals surface area contributed by atoms with Crippen molar-refractivity contribution in [1.29, 1.82) is 0 Å². The smallest absolute Gasteiger partial charge is 0.325 e. The molecule has 0 fully saturated rings. The summed E-state index contributed by atoms with van der Waals surface area (Å²) in [5.41, 5.74) is -0.237. The van der Waals surface area contributed by atoms with Crippen molar-refractivity contribution in [2.24, 2.45) is 0 Å². The van der Waals surface area contributed by atoms with Crippen molar-refractivity contribution in [3.8, 4) is 0 Å². The zero-order valence-electron chi connectivity index (χ0n) is 9.24. The van der Waals surface area contributed by atoms with E-state index in [1.54, 1.807) is 0 Å².